The summed E-state index contributed by atoms with van der Waals surface area (Å²) in [6, 6.07) is 0. The van der Waals surface area contributed by atoms with Crippen molar-refractivity contribution in [2.45, 2.75) is 47.6 Å². The van der Waals surface area contributed by atoms with Crippen LogP contribution in [0.4, 0.5) is 0 Å². The van der Waals surface area contributed by atoms with Crippen LogP contribution in [0.25, 0.3) is 0 Å². The van der Waals surface area contributed by atoms with Gasteiger partial charge >= 0.3 is 0 Å². The second-order valence-corrected chi connectivity index (χ2v) is 6.59. The van der Waals surface area contributed by atoms with Crippen LogP contribution in [0.5, 0.6) is 0 Å². The molecule has 3 nitrogen and oxygen atoms in total. The molecule has 1 N–H and O–H groups in total. The van der Waals surface area contributed by atoms with Crippen LogP contribution in [0.3, 0.4) is 0 Å². The summed E-state index contributed by atoms with van der Waals surface area (Å²) in [5, 5.41) is 4.79. The average molecular weight is 283 g/mol. The molecule has 0 unspecified atom stereocenters. The number of nitrogens with zero attached hydrogens (tertiary/aromatic N) is 2. The maximum atomic E-state index is 4.70. The highest BCUT2D eigenvalue weighted by atomic mass is 32.1. The van der Waals surface area contributed by atoms with Gasteiger partial charge in [0.15, 0.2) is 0 Å². The summed E-state index contributed by atoms with van der Waals surface area (Å²) >= 11 is 1.87. The van der Waals surface area contributed by atoms with Crippen LogP contribution in [0.15, 0.2) is 0 Å². The SMILES string of the molecule is CCN(CC)CCc1nc(C)c(CNCC(C)C)s1. The third kappa shape index (κ3) is 6.02. The van der Waals surface area contributed by atoms with Crippen LogP contribution in [-0.2, 0) is 13.0 Å². The molecule has 0 fully saturated rings. The largest absolute Gasteiger partial charge is 0.312 e. The van der Waals surface area contributed by atoms with E-state index in [9.17, 15) is 0 Å². The summed E-state index contributed by atoms with van der Waals surface area (Å²) in [4.78, 5) is 8.55. The number of hydrogen-bond donors (Lipinski definition) is 1. The molecule has 0 radical (unpaired) electrons. The van der Waals surface area contributed by atoms with Gasteiger partial charge in [0.25, 0.3) is 0 Å². The Hall–Kier alpha value is -0.450. The summed E-state index contributed by atoms with van der Waals surface area (Å²) in [6.45, 7) is 16.5. The summed E-state index contributed by atoms with van der Waals surface area (Å²) in [5.41, 5.74) is 1.20. The van der Waals surface area contributed by atoms with Crippen molar-refractivity contribution in [3.8, 4) is 0 Å². The molecule has 0 aliphatic rings. The Morgan fingerprint density at radius 3 is 2.53 bits per heavy atom. The predicted molar refractivity (Wildman–Crippen MR) is 84.9 cm³/mol. The fourth-order valence-electron chi connectivity index (χ4n) is 2.03. The summed E-state index contributed by atoms with van der Waals surface area (Å²) in [6.07, 6.45) is 1.08. The predicted octanol–water partition coefficient (Wildman–Crippen LogP) is 3.08. The zero-order valence-electron chi connectivity index (χ0n) is 13.1. The molecule has 19 heavy (non-hydrogen) atoms. The van der Waals surface area contributed by atoms with E-state index in [0.29, 0.717) is 5.92 Å². The fourth-order valence-corrected chi connectivity index (χ4v) is 3.06. The fraction of sp³-hybridized carbons (Fsp3) is 0.800. The van der Waals surface area contributed by atoms with Crippen LogP contribution in [-0.4, -0.2) is 36.1 Å². The Morgan fingerprint density at radius 2 is 1.95 bits per heavy atom. The van der Waals surface area contributed by atoms with Gasteiger partial charge in [0, 0.05) is 24.4 Å². The number of aryl methyl sites for hydroxylation is 1. The average Bonchev–Trinajstić information content (AvgIpc) is 2.71. The molecule has 4 heteroatoms. The molecule has 0 saturated heterocycles. The standard InChI is InChI=1S/C15H29N3S/c1-6-18(7-2)9-8-15-17-13(5)14(19-15)11-16-10-12(3)4/h12,16H,6-11H2,1-5H3. The van der Waals surface area contributed by atoms with Gasteiger partial charge in [-0.25, -0.2) is 4.98 Å². The summed E-state index contributed by atoms with van der Waals surface area (Å²) in [5.74, 6) is 0.704. The molecule has 110 valence electrons. The minimum absolute atomic E-state index is 0.704. The highest BCUT2D eigenvalue weighted by Crippen LogP contribution is 2.18. The Kier molecular flexibility index (Phi) is 7.57. The van der Waals surface area contributed by atoms with Gasteiger partial charge in [-0.2, -0.15) is 0 Å². The van der Waals surface area contributed by atoms with E-state index in [1.807, 2.05) is 11.3 Å². The van der Waals surface area contributed by atoms with E-state index >= 15 is 0 Å². The van der Waals surface area contributed by atoms with Crippen molar-refractivity contribution in [3.63, 3.8) is 0 Å². The third-order valence-electron chi connectivity index (χ3n) is 3.31. The maximum absolute atomic E-state index is 4.70. The Balaban J connectivity index is 2.44. The van der Waals surface area contributed by atoms with Crippen molar-refractivity contribution in [1.29, 1.82) is 0 Å². The number of thiazole rings is 1. The summed E-state index contributed by atoms with van der Waals surface area (Å²) < 4.78 is 0. The zero-order valence-corrected chi connectivity index (χ0v) is 13.9. The third-order valence-corrected chi connectivity index (χ3v) is 4.53. The van der Waals surface area contributed by atoms with Gasteiger partial charge < -0.3 is 10.2 Å². The van der Waals surface area contributed by atoms with Gasteiger partial charge in [0.05, 0.1) is 10.7 Å². The maximum Gasteiger partial charge on any atom is 0.0944 e. The number of likely N-dealkylation sites (N-methyl/N-ethyl adjacent to an activating group) is 1. The van der Waals surface area contributed by atoms with Crippen molar-refractivity contribution < 1.29 is 0 Å². The topological polar surface area (TPSA) is 28.2 Å². The number of hydrogen-bond acceptors (Lipinski definition) is 4. The van der Waals surface area contributed by atoms with Crippen LogP contribution in [0.2, 0.25) is 0 Å². The highest BCUT2D eigenvalue weighted by molar-refractivity contribution is 7.11. The van der Waals surface area contributed by atoms with Crippen molar-refractivity contribution >= 4 is 11.3 Å². The Bertz CT molecular complexity index is 356. The van der Waals surface area contributed by atoms with E-state index in [1.165, 1.54) is 15.6 Å². The van der Waals surface area contributed by atoms with Crippen LogP contribution in [0, 0.1) is 12.8 Å². The molecule has 1 rings (SSSR count). The zero-order chi connectivity index (χ0) is 14.3. The molecule has 0 aromatic carbocycles. The second-order valence-electron chi connectivity index (χ2n) is 5.42. The minimum Gasteiger partial charge on any atom is -0.312 e. The Morgan fingerprint density at radius 1 is 1.26 bits per heavy atom. The van der Waals surface area contributed by atoms with Gasteiger partial charge in [-0.05, 0) is 32.5 Å². The van der Waals surface area contributed by atoms with E-state index in [1.54, 1.807) is 0 Å². The van der Waals surface area contributed by atoms with Crippen LogP contribution >= 0.6 is 11.3 Å². The van der Waals surface area contributed by atoms with Crippen LogP contribution in [0.1, 0.15) is 43.3 Å². The molecule has 0 atom stereocenters. The minimum atomic E-state index is 0.704. The first-order valence-corrected chi connectivity index (χ1v) is 8.26. The van der Waals surface area contributed by atoms with Crippen molar-refractivity contribution in [3.05, 3.63) is 15.6 Å². The molecule has 0 saturated carbocycles. The number of rotatable bonds is 9. The molecule has 0 bridgehead atoms. The van der Waals surface area contributed by atoms with E-state index in [0.717, 1.165) is 39.1 Å². The lowest BCUT2D eigenvalue weighted by molar-refractivity contribution is 0.308. The van der Waals surface area contributed by atoms with Gasteiger partial charge in [0.2, 0.25) is 0 Å². The van der Waals surface area contributed by atoms with E-state index in [4.69, 9.17) is 4.98 Å². The first-order chi connectivity index (χ1) is 9.06. The molecule has 0 amide bonds. The highest BCUT2D eigenvalue weighted by Gasteiger charge is 2.08. The molecule has 1 aromatic heterocycles. The normalized spacial score (nSPS) is 11.7. The first kappa shape index (κ1) is 16.6. The number of aromatic nitrogens is 1. The number of nitrogens with one attached hydrogen (secondary N) is 1. The molecule has 0 aliphatic heterocycles. The second kappa shape index (κ2) is 8.67. The Labute approximate surface area is 122 Å². The van der Waals surface area contributed by atoms with Gasteiger partial charge in [-0.3, -0.25) is 0 Å². The molecule has 1 aromatic rings. The van der Waals surface area contributed by atoms with Gasteiger partial charge in [-0.1, -0.05) is 27.7 Å². The lowest BCUT2D eigenvalue weighted by Crippen LogP contribution is -2.25. The summed E-state index contributed by atoms with van der Waals surface area (Å²) in [7, 11) is 0. The smallest absolute Gasteiger partial charge is 0.0944 e. The van der Waals surface area contributed by atoms with E-state index < -0.39 is 0 Å². The molecular formula is C15H29N3S. The van der Waals surface area contributed by atoms with Crippen LogP contribution < -0.4 is 5.32 Å². The first-order valence-electron chi connectivity index (χ1n) is 7.45. The van der Waals surface area contributed by atoms with Gasteiger partial charge in [0.1, 0.15) is 0 Å². The molecule has 1 heterocycles. The van der Waals surface area contributed by atoms with Gasteiger partial charge in [-0.15, -0.1) is 11.3 Å². The molecule has 0 aliphatic carbocycles. The van der Waals surface area contributed by atoms with Crippen molar-refractivity contribution in [1.82, 2.24) is 15.2 Å². The molecular weight excluding hydrogens is 254 g/mol. The lowest BCUT2D eigenvalue weighted by atomic mass is 10.2. The molecule has 0 spiro atoms. The van der Waals surface area contributed by atoms with E-state index in [-0.39, 0.29) is 0 Å². The van der Waals surface area contributed by atoms with Crippen molar-refractivity contribution in [2.24, 2.45) is 5.92 Å². The monoisotopic (exact) mass is 283 g/mol. The van der Waals surface area contributed by atoms with E-state index in [2.05, 4.69) is 44.8 Å². The quantitative estimate of drug-likeness (QED) is 0.755. The lowest BCUT2D eigenvalue weighted by Gasteiger charge is -2.16. The van der Waals surface area contributed by atoms with Crippen molar-refractivity contribution in [2.75, 3.05) is 26.2 Å².